The molecule has 3 aromatic rings. The minimum Gasteiger partial charge on any atom is -0.496 e. The molecule has 1 aromatic carbocycles. The highest BCUT2D eigenvalue weighted by atomic mass is 16.5. The highest BCUT2D eigenvalue weighted by Crippen LogP contribution is 2.42. The number of carbonyl (C=O) groups excluding carboxylic acids is 1. The Bertz CT molecular complexity index is 908. The van der Waals surface area contributed by atoms with Gasteiger partial charge in [0.15, 0.2) is 5.76 Å². The third-order valence-corrected chi connectivity index (χ3v) is 5.19. The lowest BCUT2D eigenvalue weighted by Gasteiger charge is -2.32. The number of ether oxygens (including phenoxy) is 1. The number of methoxy groups -OCH3 is 1. The van der Waals surface area contributed by atoms with Crippen molar-refractivity contribution in [3.8, 4) is 5.75 Å². The van der Waals surface area contributed by atoms with Gasteiger partial charge in [-0.15, -0.1) is 0 Å². The lowest BCUT2D eigenvalue weighted by molar-refractivity contribution is 0.0866. The molecule has 1 amide bonds. The Hall–Kier alpha value is -3.02. The SMILES string of the molecule is COc1ccccc1C1(NC(=O)c2ccc(Cn3cccn3)o2)CCCC1. The van der Waals surface area contributed by atoms with Crippen LogP contribution in [0.3, 0.4) is 0 Å². The first-order valence-corrected chi connectivity index (χ1v) is 9.22. The smallest absolute Gasteiger partial charge is 0.287 e. The largest absolute Gasteiger partial charge is 0.496 e. The van der Waals surface area contributed by atoms with Gasteiger partial charge in [0.1, 0.15) is 11.5 Å². The molecule has 1 fully saturated rings. The number of nitrogens with zero attached hydrogens (tertiary/aromatic N) is 2. The van der Waals surface area contributed by atoms with Crippen LogP contribution in [0.2, 0.25) is 0 Å². The molecule has 0 saturated heterocycles. The van der Waals surface area contributed by atoms with E-state index in [1.165, 1.54) is 0 Å². The Morgan fingerprint density at radius 3 is 2.78 bits per heavy atom. The summed E-state index contributed by atoms with van der Waals surface area (Å²) in [7, 11) is 1.66. The fourth-order valence-electron chi connectivity index (χ4n) is 3.90. The summed E-state index contributed by atoms with van der Waals surface area (Å²) < 4.78 is 13.1. The van der Waals surface area contributed by atoms with Crippen molar-refractivity contribution < 1.29 is 13.9 Å². The Morgan fingerprint density at radius 1 is 1.22 bits per heavy atom. The maximum atomic E-state index is 12.9. The summed E-state index contributed by atoms with van der Waals surface area (Å²) in [6.07, 6.45) is 7.49. The second-order valence-electron chi connectivity index (χ2n) is 6.91. The molecule has 140 valence electrons. The maximum absolute atomic E-state index is 12.9. The molecule has 0 unspecified atom stereocenters. The summed E-state index contributed by atoms with van der Waals surface area (Å²) in [5.41, 5.74) is 0.611. The van der Waals surface area contributed by atoms with Gasteiger partial charge in [0.05, 0.1) is 19.2 Å². The molecule has 1 aliphatic rings. The molecular weight excluding hydrogens is 342 g/mol. The zero-order chi connectivity index (χ0) is 18.7. The molecule has 1 saturated carbocycles. The second kappa shape index (κ2) is 7.31. The van der Waals surface area contributed by atoms with Gasteiger partial charge in [0.25, 0.3) is 5.91 Å². The van der Waals surface area contributed by atoms with Gasteiger partial charge in [-0.2, -0.15) is 5.10 Å². The number of furan rings is 1. The normalized spacial score (nSPS) is 15.6. The number of carbonyl (C=O) groups is 1. The molecule has 1 N–H and O–H groups in total. The van der Waals surface area contributed by atoms with Gasteiger partial charge in [0, 0.05) is 18.0 Å². The van der Waals surface area contributed by atoms with E-state index in [0.29, 0.717) is 18.1 Å². The minimum absolute atomic E-state index is 0.200. The molecule has 0 radical (unpaired) electrons. The van der Waals surface area contributed by atoms with Gasteiger partial charge < -0.3 is 14.5 Å². The lowest BCUT2D eigenvalue weighted by atomic mass is 9.87. The lowest BCUT2D eigenvalue weighted by Crippen LogP contribution is -2.44. The van der Waals surface area contributed by atoms with E-state index in [2.05, 4.69) is 10.4 Å². The molecule has 2 aromatic heterocycles. The summed E-state index contributed by atoms with van der Waals surface area (Å²) in [6.45, 7) is 0.498. The summed E-state index contributed by atoms with van der Waals surface area (Å²) in [6, 6.07) is 13.3. The van der Waals surface area contributed by atoms with Crippen LogP contribution >= 0.6 is 0 Å². The second-order valence-corrected chi connectivity index (χ2v) is 6.91. The molecule has 0 bridgehead atoms. The number of hydrogen-bond donors (Lipinski definition) is 1. The molecule has 4 rings (SSSR count). The third-order valence-electron chi connectivity index (χ3n) is 5.19. The first-order valence-electron chi connectivity index (χ1n) is 9.22. The summed E-state index contributed by atoms with van der Waals surface area (Å²) in [5, 5.41) is 7.40. The number of hydrogen-bond acceptors (Lipinski definition) is 4. The van der Waals surface area contributed by atoms with Gasteiger partial charge in [-0.05, 0) is 37.1 Å². The Morgan fingerprint density at radius 2 is 2.04 bits per heavy atom. The first kappa shape index (κ1) is 17.4. The predicted octanol–water partition coefficient (Wildman–Crippen LogP) is 3.73. The molecule has 1 aliphatic carbocycles. The molecule has 27 heavy (non-hydrogen) atoms. The highest BCUT2D eigenvalue weighted by molar-refractivity contribution is 5.92. The van der Waals surface area contributed by atoms with Gasteiger partial charge in [-0.25, -0.2) is 0 Å². The van der Waals surface area contributed by atoms with Crippen LogP contribution in [0.25, 0.3) is 0 Å². The Kier molecular flexibility index (Phi) is 4.71. The summed E-state index contributed by atoms with van der Waals surface area (Å²) in [4.78, 5) is 12.9. The van der Waals surface area contributed by atoms with Crippen LogP contribution in [-0.4, -0.2) is 22.8 Å². The van der Waals surface area contributed by atoms with Crippen molar-refractivity contribution in [1.82, 2.24) is 15.1 Å². The van der Waals surface area contributed by atoms with Crippen LogP contribution in [0.1, 0.15) is 47.6 Å². The van der Waals surface area contributed by atoms with Gasteiger partial charge in [-0.1, -0.05) is 31.0 Å². The van der Waals surface area contributed by atoms with Crippen LogP contribution in [0.15, 0.2) is 59.3 Å². The minimum atomic E-state index is -0.418. The van der Waals surface area contributed by atoms with E-state index >= 15 is 0 Å². The number of rotatable bonds is 6. The fourth-order valence-corrected chi connectivity index (χ4v) is 3.90. The molecule has 0 aliphatic heterocycles. The van der Waals surface area contributed by atoms with Crippen molar-refractivity contribution in [2.24, 2.45) is 0 Å². The van der Waals surface area contributed by atoms with Gasteiger partial charge in [-0.3, -0.25) is 9.48 Å². The number of aromatic nitrogens is 2. The van der Waals surface area contributed by atoms with E-state index in [-0.39, 0.29) is 5.91 Å². The van der Waals surface area contributed by atoms with Crippen molar-refractivity contribution in [1.29, 1.82) is 0 Å². The molecule has 0 atom stereocenters. The van der Waals surface area contributed by atoms with Crippen molar-refractivity contribution in [3.63, 3.8) is 0 Å². The quantitative estimate of drug-likeness (QED) is 0.723. The molecule has 0 spiro atoms. The number of benzene rings is 1. The van der Waals surface area contributed by atoms with E-state index < -0.39 is 5.54 Å². The van der Waals surface area contributed by atoms with E-state index in [4.69, 9.17) is 9.15 Å². The topological polar surface area (TPSA) is 69.3 Å². The van der Waals surface area contributed by atoms with Crippen molar-refractivity contribution >= 4 is 5.91 Å². The van der Waals surface area contributed by atoms with Crippen LogP contribution in [-0.2, 0) is 12.1 Å². The zero-order valence-electron chi connectivity index (χ0n) is 15.4. The first-order chi connectivity index (χ1) is 13.2. The van der Waals surface area contributed by atoms with E-state index in [1.54, 1.807) is 24.1 Å². The van der Waals surface area contributed by atoms with Crippen molar-refractivity contribution in [3.05, 3.63) is 71.9 Å². The van der Waals surface area contributed by atoms with Crippen LogP contribution in [0.4, 0.5) is 0 Å². The Labute approximate surface area is 158 Å². The molecule has 6 nitrogen and oxygen atoms in total. The van der Waals surface area contributed by atoms with E-state index in [9.17, 15) is 4.79 Å². The van der Waals surface area contributed by atoms with Crippen molar-refractivity contribution in [2.45, 2.75) is 37.8 Å². The Balaban J connectivity index is 1.56. The van der Waals surface area contributed by atoms with Crippen molar-refractivity contribution in [2.75, 3.05) is 7.11 Å². The average Bonchev–Trinajstić information content (AvgIpc) is 3.44. The van der Waals surface area contributed by atoms with Crippen LogP contribution in [0, 0.1) is 0 Å². The van der Waals surface area contributed by atoms with Crippen LogP contribution in [0.5, 0.6) is 5.75 Å². The fraction of sp³-hybridized carbons (Fsp3) is 0.333. The predicted molar refractivity (Wildman–Crippen MR) is 101 cm³/mol. The standard InChI is InChI=1S/C21H23N3O3/c1-26-18-8-3-2-7-17(18)21(11-4-5-12-21)23-20(25)19-10-9-16(27-19)15-24-14-6-13-22-24/h2-3,6-10,13-14H,4-5,11-12,15H2,1H3,(H,23,25). The monoisotopic (exact) mass is 365 g/mol. The van der Waals surface area contributed by atoms with Gasteiger partial charge >= 0.3 is 0 Å². The van der Waals surface area contributed by atoms with E-state index in [1.807, 2.05) is 42.6 Å². The molecule has 6 heteroatoms. The average molecular weight is 365 g/mol. The zero-order valence-corrected chi connectivity index (χ0v) is 15.4. The summed E-state index contributed by atoms with van der Waals surface area (Å²) >= 11 is 0. The molecule has 2 heterocycles. The number of nitrogens with one attached hydrogen (secondary N) is 1. The number of amides is 1. The maximum Gasteiger partial charge on any atom is 0.287 e. The highest BCUT2D eigenvalue weighted by Gasteiger charge is 2.39. The third kappa shape index (κ3) is 3.47. The van der Waals surface area contributed by atoms with Gasteiger partial charge in [0.2, 0.25) is 0 Å². The van der Waals surface area contributed by atoms with Crippen LogP contribution < -0.4 is 10.1 Å². The van der Waals surface area contributed by atoms with E-state index in [0.717, 1.165) is 37.0 Å². The number of para-hydroxylation sites is 1. The summed E-state index contributed by atoms with van der Waals surface area (Å²) in [5.74, 6) is 1.62. The molecular formula is C21H23N3O3.